The fourth-order valence-corrected chi connectivity index (χ4v) is 4.49. The van der Waals surface area contributed by atoms with Crippen molar-refractivity contribution in [2.45, 2.75) is 45.4 Å². The zero-order chi connectivity index (χ0) is 20.5. The van der Waals surface area contributed by atoms with E-state index in [1.807, 2.05) is 30.9 Å². The Hall–Kier alpha value is -2.67. The van der Waals surface area contributed by atoms with E-state index in [9.17, 15) is 14.7 Å². The van der Waals surface area contributed by atoms with E-state index in [-0.39, 0.29) is 24.0 Å². The van der Waals surface area contributed by atoms with E-state index in [0.29, 0.717) is 37.1 Å². The Morgan fingerprint density at radius 3 is 2.52 bits per heavy atom. The maximum Gasteiger partial charge on any atom is 0.242 e. The Balaban J connectivity index is 1.38. The predicted molar refractivity (Wildman–Crippen MR) is 108 cm³/mol. The number of rotatable bonds is 4. The van der Waals surface area contributed by atoms with Gasteiger partial charge >= 0.3 is 0 Å². The molecule has 0 bridgehead atoms. The number of aliphatic hydroxyl groups is 1. The molecule has 154 valence electrons. The number of nitrogens with zero attached hydrogens (tertiary/aromatic N) is 3. The summed E-state index contributed by atoms with van der Waals surface area (Å²) >= 11 is 0. The summed E-state index contributed by atoms with van der Waals surface area (Å²) in [6, 6.07) is 6.73. The minimum atomic E-state index is -0.550. The first-order valence-electron chi connectivity index (χ1n) is 10.1. The average molecular weight is 397 g/mol. The van der Waals surface area contributed by atoms with Crippen LogP contribution >= 0.6 is 0 Å². The van der Waals surface area contributed by atoms with Gasteiger partial charge in [0.1, 0.15) is 18.4 Å². The fraction of sp³-hybridized carbons (Fsp3) is 0.500. The largest absolute Gasteiger partial charge is 0.486 e. The Morgan fingerprint density at radius 1 is 1.14 bits per heavy atom. The van der Waals surface area contributed by atoms with Gasteiger partial charge in [0.05, 0.1) is 11.8 Å². The molecule has 0 unspecified atom stereocenters. The molecule has 1 saturated heterocycles. The van der Waals surface area contributed by atoms with Gasteiger partial charge in [0.25, 0.3) is 0 Å². The number of aryl methyl sites for hydroxylation is 2. The van der Waals surface area contributed by atoms with E-state index >= 15 is 0 Å². The predicted octanol–water partition coefficient (Wildman–Crippen LogP) is 1.54. The van der Waals surface area contributed by atoms with Gasteiger partial charge in [0.15, 0.2) is 5.43 Å². The van der Waals surface area contributed by atoms with E-state index in [4.69, 9.17) is 4.74 Å². The highest BCUT2D eigenvalue weighted by atomic mass is 16.5. The Bertz CT molecular complexity index is 937. The monoisotopic (exact) mass is 397 g/mol. The number of likely N-dealkylation sites (tertiary alicyclic amines) is 1. The van der Waals surface area contributed by atoms with E-state index in [1.54, 1.807) is 17.0 Å². The van der Waals surface area contributed by atoms with Crippen LogP contribution in [0.2, 0.25) is 0 Å². The Morgan fingerprint density at radius 2 is 1.83 bits per heavy atom. The number of amides is 1. The maximum atomic E-state index is 12.7. The summed E-state index contributed by atoms with van der Waals surface area (Å²) < 4.78 is 7.84. The number of hydrogen-bond donors (Lipinski definition) is 1. The standard InChI is InChI=1S/C22H27N3O4/c1-14-3-4-20(15(2)23-14)29-21-10-17-12-25(11-16(17)9-19(21)27)22(28)13-24-7-5-18(26)6-8-24/h3-8,16-17,19,21,27H,9-13H2,1-2H3/t16-,17+,19+,21+/m0/s1. The molecule has 29 heavy (non-hydrogen) atoms. The second-order valence-corrected chi connectivity index (χ2v) is 8.26. The molecule has 1 N–H and O–H groups in total. The Kier molecular flexibility index (Phi) is 5.41. The molecule has 4 atom stereocenters. The zero-order valence-electron chi connectivity index (χ0n) is 16.8. The molecule has 1 amide bonds. The lowest BCUT2D eigenvalue weighted by Crippen LogP contribution is -2.42. The van der Waals surface area contributed by atoms with Gasteiger partial charge < -0.3 is 19.3 Å². The first kappa shape index (κ1) is 19.6. The van der Waals surface area contributed by atoms with Gasteiger partial charge in [0.2, 0.25) is 5.91 Å². The molecule has 2 aromatic heterocycles. The fourth-order valence-electron chi connectivity index (χ4n) is 4.49. The number of hydrogen-bond acceptors (Lipinski definition) is 5. The van der Waals surface area contributed by atoms with Gasteiger partial charge in [-0.3, -0.25) is 14.6 Å². The molecule has 0 spiro atoms. The minimum absolute atomic E-state index is 0.0357. The van der Waals surface area contributed by atoms with Crippen molar-refractivity contribution in [1.82, 2.24) is 14.5 Å². The van der Waals surface area contributed by atoms with Crippen LogP contribution in [0.15, 0.2) is 41.5 Å². The first-order chi connectivity index (χ1) is 13.9. The highest BCUT2D eigenvalue weighted by Crippen LogP contribution is 2.38. The molecule has 4 rings (SSSR count). The van der Waals surface area contributed by atoms with Crippen LogP contribution in [0.5, 0.6) is 5.75 Å². The summed E-state index contributed by atoms with van der Waals surface area (Å²) in [5, 5.41) is 10.6. The number of carbonyl (C=O) groups excluding carboxylic acids is 1. The van der Waals surface area contributed by atoms with E-state index in [1.165, 1.54) is 12.1 Å². The SMILES string of the molecule is Cc1ccc(O[C@@H]2C[C@@H]3CN(C(=O)Cn4ccc(=O)cc4)C[C@@H]3C[C@H]2O)c(C)n1. The highest BCUT2D eigenvalue weighted by Gasteiger charge is 2.43. The summed E-state index contributed by atoms with van der Waals surface area (Å²) in [6.45, 7) is 5.41. The van der Waals surface area contributed by atoms with Crippen LogP contribution in [0.25, 0.3) is 0 Å². The Labute approximate surface area is 169 Å². The number of aromatic nitrogens is 2. The lowest BCUT2D eigenvalue weighted by atomic mass is 9.78. The zero-order valence-corrected chi connectivity index (χ0v) is 16.8. The molecule has 2 aliphatic rings. The van der Waals surface area contributed by atoms with Crippen molar-refractivity contribution in [2.75, 3.05) is 13.1 Å². The van der Waals surface area contributed by atoms with Crippen LogP contribution in [0.4, 0.5) is 0 Å². The van der Waals surface area contributed by atoms with E-state index in [0.717, 1.165) is 17.8 Å². The molecule has 7 nitrogen and oxygen atoms in total. The summed E-state index contributed by atoms with van der Waals surface area (Å²) in [5.74, 6) is 1.36. The van der Waals surface area contributed by atoms with Gasteiger partial charge in [0, 0.05) is 43.3 Å². The molecule has 1 saturated carbocycles. The maximum absolute atomic E-state index is 12.7. The number of fused-ring (bicyclic) bond motifs is 1. The van der Waals surface area contributed by atoms with Crippen molar-refractivity contribution in [1.29, 1.82) is 0 Å². The van der Waals surface area contributed by atoms with Gasteiger partial charge in [-0.2, -0.15) is 0 Å². The van der Waals surface area contributed by atoms with Crippen LogP contribution in [0, 0.1) is 25.7 Å². The quantitative estimate of drug-likeness (QED) is 0.846. The van der Waals surface area contributed by atoms with Crippen LogP contribution < -0.4 is 10.2 Å². The topological polar surface area (TPSA) is 84.7 Å². The molecule has 0 aromatic carbocycles. The lowest BCUT2D eigenvalue weighted by molar-refractivity contribution is -0.131. The molecule has 1 aliphatic carbocycles. The van der Waals surface area contributed by atoms with Crippen molar-refractivity contribution in [3.8, 4) is 5.75 Å². The van der Waals surface area contributed by atoms with Crippen LogP contribution in [-0.2, 0) is 11.3 Å². The van der Waals surface area contributed by atoms with Crippen molar-refractivity contribution in [3.05, 3.63) is 58.3 Å². The molecule has 1 aliphatic heterocycles. The van der Waals surface area contributed by atoms with Crippen molar-refractivity contribution in [3.63, 3.8) is 0 Å². The van der Waals surface area contributed by atoms with Gasteiger partial charge in [-0.15, -0.1) is 0 Å². The van der Waals surface area contributed by atoms with Crippen LogP contribution in [-0.4, -0.2) is 50.8 Å². The normalized spacial score (nSPS) is 26.2. The average Bonchev–Trinajstić information content (AvgIpc) is 3.09. The van der Waals surface area contributed by atoms with Crippen molar-refractivity contribution >= 4 is 5.91 Å². The number of ether oxygens (including phenoxy) is 1. The second-order valence-electron chi connectivity index (χ2n) is 8.26. The highest BCUT2D eigenvalue weighted by molar-refractivity contribution is 5.76. The van der Waals surface area contributed by atoms with Gasteiger partial charge in [-0.1, -0.05) is 0 Å². The molecule has 0 radical (unpaired) electrons. The molecule has 2 aromatic rings. The lowest BCUT2D eigenvalue weighted by Gasteiger charge is -2.35. The van der Waals surface area contributed by atoms with E-state index in [2.05, 4.69) is 4.98 Å². The van der Waals surface area contributed by atoms with Crippen LogP contribution in [0.1, 0.15) is 24.2 Å². The van der Waals surface area contributed by atoms with Gasteiger partial charge in [-0.05, 0) is 50.7 Å². The van der Waals surface area contributed by atoms with Crippen LogP contribution in [0.3, 0.4) is 0 Å². The molecular weight excluding hydrogens is 370 g/mol. The third-order valence-electron chi connectivity index (χ3n) is 6.07. The summed E-state index contributed by atoms with van der Waals surface area (Å²) in [6.07, 6.45) is 3.79. The number of aliphatic hydroxyl groups excluding tert-OH is 1. The summed E-state index contributed by atoms with van der Waals surface area (Å²) in [5.41, 5.74) is 1.69. The number of carbonyl (C=O) groups is 1. The molecular formula is C22H27N3O4. The number of pyridine rings is 2. The van der Waals surface area contributed by atoms with Gasteiger partial charge in [-0.25, -0.2) is 0 Å². The van der Waals surface area contributed by atoms with Crippen molar-refractivity contribution < 1.29 is 14.6 Å². The van der Waals surface area contributed by atoms with E-state index < -0.39 is 6.10 Å². The smallest absolute Gasteiger partial charge is 0.242 e. The third kappa shape index (κ3) is 4.34. The molecule has 2 fully saturated rings. The molecule has 7 heteroatoms. The minimum Gasteiger partial charge on any atom is -0.486 e. The summed E-state index contributed by atoms with van der Waals surface area (Å²) in [4.78, 5) is 30.2. The second kappa shape index (κ2) is 7.99. The summed E-state index contributed by atoms with van der Waals surface area (Å²) in [7, 11) is 0. The third-order valence-corrected chi connectivity index (χ3v) is 6.07. The first-order valence-corrected chi connectivity index (χ1v) is 10.1. The molecule has 3 heterocycles. The van der Waals surface area contributed by atoms with Crippen molar-refractivity contribution in [2.24, 2.45) is 11.8 Å².